The number of morpholine rings is 1. The predicted molar refractivity (Wildman–Crippen MR) is 86.3 cm³/mol. The van der Waals surface area contributed by atoms with E-state index in [4.69, 9.17) is 21.7 Å². The Morgan fingerprint density at radius 1 is 1.24 bits per heavy atom. The summed E-state index contributed by atoms with van der Waals surface area (Å²) in [4.78, 5) is 2.20. The molecule has 2 saturated heterocycles. The van der Waals surface area contributed by atoms with Crippen LogP contribution in [0.4, 0.5) is 0 Å². The van der Waals surface area contributed by atoms with Gasteiger partial charge in [0, 0.05) is 19.7 Å². The van der Waals surface area contributed by atoms with Crippen molar-refractivity contribution in [3.05, 3.63) is 35.9 Å². The number of ether oxygens (including phenoxy) is 2. The van der Waals surface area contributed by atoms with Crippen LogP contribution in [0.25, 0.3) is 0 Å². The maximum absolute atomic E-state index is 5.87. The van der Waals surface area contributed by atoms with Crippen LogP contribution in [0.2, 0.25) is 0 Å². The van der Waals surface area contributed by atoms with Gasteiger partial charge >= 0.3 is 0 Å². The first-order valence-corrected chi connectivity index (χ1v) is 8.04. The summed E-state index contributed by atoms with van der Waals surface area (Å²) in [6, 6.07) is 10.3. The minimum Gasteiger partial charge on any atom is -0.376 e. The third kappa shape index (κ3) is 3.93. The van der Waals surface area contributed by atoms with Crippen molar-refractivity contribution in [2.75, 3.05) is 32.8 Å². The average molecular weight is 306 g/mol. The molecule has 1 aromatic rings. The lowest BCUT2D eigenvalue weighted by atomic mass is 10.1. The molecule has 0 radical (unpaired) electrons. The van der Waals surface area contributed by atoms with Gasteiger partial charge in [-0.05, 0) is 30.6 Å². The highest BCUT2D eigenvalue weighted by atomic mass is 32.1. The fourth-order valence-corrected chi connectivity index (χ4v) is 3.07. The average Bonchev–Trinajstić information content (AvgIpc) is 3.07. The fraction of sp³-hybridized carbons (Fsp3) is 0.562. The van der Waals surface area contributed by atoms with Crippen LogP contribution >= 0.6 is 12.2 Å². The van der Waals surface area contributed by atoms with Crippen molar-refractivity contribution in [2.45, 2.75) is 25.0 Å². The Labute approximate surface area is 131 Å². The van der Waals surface area contributed by atoms with E-state index in [1.807, 2.05) is 18.2 Å². The Morgan fingerprint density at radius 3 is 2.86 bits per heavy atom. The van der Waals surface area contributed by atoms with Crippen molar-refractivity contribution in [2.24, 2.45) is 0 Å². The molecule has 4 nitrogen and oxygen atoms in total. The van der Waals surface area contributed by atoms with Gasteiger partial charge < -0.3 is 19.7 Å². The SMILES string of the molecule is S=C(NC[C@@H]1CCCO1)N1CCO[C@H](c2ccccc2)C1. The molecule has 1 aromatic carbocycles. The number of thiocarbonyl (C=S) groups is 1. The van der Waals surface area contributed by atoms with Crippen molar-refractivity contribution < 1.29 is 9.47 Å². The van der Waals surface area contributed by atoms with Gasteiger partial charge in [-0.2, -0.15) is 0 Å². The van der Waals surface area contributed by atoms with Gasteiger partial charge in [0.2, 0.25) is 0 Å². The largest absolute Gasteiger partial charge is 0.376 e. The molecule has 2 aliphatic heterocycles. The van der Waals surface area contributed by atoms with E-state index in [-0.39, 0.29) is 6.10 Å². The van der Waals surface area contributed by atoms with Crippen LogP contribution in [-0.2, 0) is 9.47 Å². The van der Waals surface area contributed by atoms with E-state index in [1.165, 1.54) is 5.56 Å². The molecule has 3 rings (SSSR count). The first-order valence-electron chi connectivity index (χ1n) is 7.64. The van der Waals surface area contributed by atoms with Crippen molar-refractivity contribution in [3.63, 3.8) is 0 Å². The van der Waals surface area contributed by atoms with E-state index in [9.17, 15) is 0 Å². The van der Waals surface area contributed by atoms with Crippen LogP contribution in [-0.4, -0.2) is 49.0 Å². The summed E-state index contributed by atoms with van der Waals surface area (Å²) < 4.78 is 11.5. The van der Waals surface area contributed by atoms with Crippen molar-refractivity contribution in [1.82, 2.24) is 10.2 Å². The van der Waals surface area contributed by atoms with E-state index >= 15 is 0 Å². The van der Waals surface area contributed by atoms with E-state index < -0.39 is 0 Å². The lowest BCUT2D eigenvalue weighted by Gasteiger charge is -2.35. The maximum atomic E-state index is 5.87. The van der Waals surface area contributed by atoms with Crippen molar-refractivity contribution in [1.29, 1.82) is 0 Å². The molecule has 114 valence electrons. The molecule has 2 fully saturated rings. The van der Waals surface area contributed by atoms with Crippen LogP contribution in [0, 0.1) is 0 Å². The number of rotatable bonds is 3. The molecule has 1 N–H and O–H groups in total. The van der Waals surface area contributed by atoms with Crippen LogP contribution in [0.3, 0.4) is 0 Å². The van der Waals surface area contributed by atoms with Gasteiger partial charge in [-0.25, -0.2) is 0 Å². The lowest BCUT2D eigenvalue weighted by molar-refractivity contribution is -0.00732. The predicted octanol–water partition coefficient (Wildman–Crippen LogP) is 2.11. The summed E-state index contributed by atoms with van der Waals surface area (Å²) in [7, 11) is 0. The van der Waals surface area contributed by atoms with Gasteiger partial charge in [-0.1, -0.05) is 30.3 Å². The highest BCUT2D eigenvalue weighted by Gasteiger charge is 2.24. The summed E-state index contributed by atoms with van der Waals surface area (Å²) in [6.07, 6.45) is 2.70. The molecule has 5 heteroatoms. The molecule has 0 aromatic heterocycles. The summed E-state index contributed by atoms with van der Waals surface area (Å²) in [5.74, 6) is 0. The number of nitrogens with one attached hydrogen (secondary N) is 1. The van der Waals surface area contributed by atoms with Crippen LogP contribution in [0.15, 0.2) is 30.3 Å². The highest BCUT2D eigenvalue weighted by molar-refractivity contribution is 7.80. The monoisotopic (exact) mass is 306 g/mol. The Kier molecular flexibility index (Phi) is 5.06. The standard InChI is InChI=1S/C16H22N2O2S/c21-16(17-11-14-7-4-9-19-14)18-8-10-20-15(12-18)13-5-2-1-3-6-13/h1-3,5-6,14-15H,4,7-12H2,(H,17,21)/t14-,15-/m0/s1. The van der Waals surface area contributed by atoms with E-state index in [0.717, 1.165) is 44.2 Å². The topological polar surface area (TPSA) is 33.7 Å². The second-order valence-electron chi connectivity index (χ2n) is 5.54. The Bertz CT molecular complexity index is 463. The van der Waals surface area contributed by atoms with Crippen LogP contribution in [0.5, 0.6) is 0 Å². The van der Waals surface area contributed by atoms with Crippen LogP contribution in [0.1, 0.15) is 24.5 Å². The minimum atomic E-state index is 0.0995. The number of hydrogen-bond donors (Lipinski definition) is 1. The summed E-state index contributed by atoms with van der Waals surface area (Å²) in [5.41, 5.74) is 1.21. The van der Waals surface area contributed by atoms with Gasteiger partial charge in [0.25, 0.3) is 0 Å². The second-order valence-corrected chi connectivity index (χ2v) is 5.92. The first kappa shape index (κ1) is 14.8. The third-order valence-corrected chi connectivity index (χ3v) is 4.43. The number of benzene rings is 1. The fourth-order valence-electron chi connectivity index (χ4n) is 2.82. The second kappa shape index (κ2) is 7.20. The van der Waals surface area contributed by atoms with Crippen molar-refractivity contribution in [3.8, 4) is 0 Å². The van der Waals surface area contributed by atoms with E-state index in [2.05, 4.69) is 22.3 Å². The summed E-state index contributed by atoms with van der Waals surface area (Å²) in [5, 5.41) is 4.16. The van der Waals surface area contributed by atoms with Gasteiger partial charge in [0.1, 0.15) is 6.10 Å². The number of hydrogen-bond acceptors (Lipinski definition) is 3. The minimum absolute atomic E-state index is 0.0995. The quantitative estimate of drug-likeness (QED) is 0.865. The normalized spacial score (nSPS) is 25.8. The van der Waals surface area contributed by atoms with Gasteiger partial charge in [-0.15, -0.1) is 0 Å². The van der Waals surface area contributed by atoms with Gasteiger partial charge in [0.15, 0.2) is 5.11 Å². The zero-order valence-electron chi connectivity index (χ0n) is 12.2. The molecule has 2 aliphatic rings. The molecule has 0 unspecified atom stereocenters. The third-order valence-electron chi connectivity index (χ3n) is 4.03. The summed E-state index contributed by atoms with van der Waals surface area (Å²) in [6.45, 7) is 4.06. The van der Waals surface area contributed by atoms with E-state index in [1.54, 1.807) is 0 Å². The van der Waals surface area contributed by atoms with Gasteiger partial charge in [-0.3, -0.25) is 0 Å². The zero-order chi connectivity index (χ0) is 14.5. The van der Waals surface area contributed by atoms with E-state index in [0.29, 0.717) is 12.7 Å². The molecule has 0 spiro atoms. The molecular weight excluding hydrogens is 284 g/mol. The molecule has 0 bridgehead atoms. The molecule has 2 atom stereocenters. The number of nitrogens with zero attached hydrogens (tertiary/aromatic N) is 1. The van der Waals surface area contributed by atoms with Crippen molar-refractivity contribution >= 4 is 17.3 Å². The highest BCUT2D eigenvalue weighted by Crippen LogP contribution is 2.22. The first-order chi connectivity index (χ1) is 10.3. The Balaban J connectivity index is 1.51. The molecule has 21 heavy (non-hydrogen) atoms. The molecule has 0 amide bonds. The Morgan fingerprint density at radius 2 is 2.10 bits per heavy atom. The van der Waals surface area contributed by atoms with Gasteiger partial charge in [0.05, 0.1) is 19.3 Å². The maximum Gasteiger partial charge on any atom is 0.169 e. The zero-order valence-corrected chi connectivity index (χ0v) is 13.0. The Hall–Kier alpha value is -1.17. The van der Waals surface area contributed by atoms with Crippen LogP contribution < -0.4 is 5.32 Å². The summed E-state index contributed by atoms with van der Waals surface area (Å²) >= 11 is 5.52. The lowest BCUT2D eigenvalue weighted by Crippen LogP contribution is -2.48. The molecule has 0 aliphatic carbocycles. The molecule has 0 saturated carbocycles. The molecular formula is C16H22N2O2S. The smallest absolute Gasteiger partial charge is 0.169 e. The molecule has 2 heterocycles.